The molecule has 3 aromatic rings. The highest BCUT2D eigenvalue weighted by Gasteiger charge is 2.38. The first-order valence-electron chi connectivity index (χ1n) is 5.30. The minimum absolute atomic E-state index is 0.142. The summed E-state index contributed by atoms with van der Waals surface area (Å²) < 4.78 is 41.4. The van der Waals surface area contributed by atoms with Crippen LogP contribution in [0.3, 0.4) is 0 Å². The first-order chi connectivity index (χ1) is 9.54. The molecular weight excluding hydrogens is 293 g/mol. The van der Waals surface area contributed by atoms with Crippen LogP contribution in [0.5, 0.6) is 0 Å². The fourth-order valence-electron chi connectivity index (χ4n) is 1.50. The van der Waals surface area contributed by atoms with Gasteiger partial charge in [0.05, 0.1) is 16.9 Å². The van der Waals surface area contributed by atoms with Gasteiger partial charge in [0.15, 0.2) is 0 Å². The molecule has 0 aliphatic heterocycles. The summed E-state index contributed by atoms with van der Waals surface area (Å²) in [6.07, 6.45) is -3.20. The van der Waals surface area contributed by atoms with Crippen molar-refractivity contribution >= 4 is 11.3 Å². The predicted molar refractivity (Wildman–Crippen MR) is 63.6 cm³/mol. The van der Waals surface area contributed by atoms with E-state index in [0.29, 0.717) is 17.0 Å². The average molecular weight is 298 g/mol. The molecule has 0 aromatic carbocycles. The van der Waals surface area contributed by atoms with Gasteiger partial charge in [-0.3, -0.25) is 4.98 Å². The monoisotopic (exact) mass is 298 g/mol. The van der Waals surface area contributed by atoms with Crippen molar-refractivity contribution in [3.63, 3.8) is 0 Å². The lowest BCUT2D eigenvalue weighted by Gasteiger charge is -1.98. The molecule has 3 heterocycles. The summed E-state index contributed by atoms with van der Waals surface area (Å²) in [7, 11) is 0. The normalized spacial score (nSPS) is 11.8. The second kappa shape index (κ2) is 4.67. The lowest BCUT2D eigenvalue weighted by Crippen LogP contribution is -2.04. The Kier molecular flexibility index (Phi) is 2.97. The van der Waals surface area contributed by atoms with Crippen LogP contribution in [0.1, 0.15) is 5.89 Å². The van der Waals surface area contributed by atoms with Gasteiger partial charge in [-0.15, -0.1) is 11.3 Å². The van der Waals surface area contributed by atoms with Crippen molar-refractivity contribution in [2.75, 3.05) is 0 Å². The van der Waals surface area contributed by atoms with E-state index in [2.05, 4.69) is 24.6 Å². The third-order valence-electron chi connectivity index (χ3n) is 2.38. The third kappa shape index (κ3) is 2.39. The smallest absolute Gasteiger partial charge is 0.329 e. The number of nitrogens with zero attached hydrogens (tertiary/aromatic N) is 4. The molecule has 3 rings (SSSR count). The predicted octanol–water partition coefficient (Wildman–Crippen LogP) is 3.27. The SMILES string of the molecule is FC(F)(F)c1nc(-c2ccnc(-c3cscn3)c2)no1. The third-order valence-corrected chi connectivity index (χ3v) is 2.97. The van der Waals surface area contributed by atoms with Gasteiger partial charge in [0.25, 0.3) is 0 Å². The molecule has 0 radical (unpaired) electrons. The van der Waals surface area contributed by atoms with E-state index in [-0.39, 0.29) is 5.82 Å². The summed E-state index contributed by atoms with van der Waals surface area (Å²) in [4.78, 5) is 11.5. The van der Waals surface area contributed by atoms with E-state index in [1.807, 2.05) is 0 Å². The van der Waals surface area contributed by atoms with Crippen molar-refractivity contribution in [2.45, 2.75) is 6.18 Å². The number of alkyl halides is 3. The highest BCUT2D eigenvalue weighted by molar-refractivity contribution is 7.07. The van der Waals surface area contributed by atoms with Crippen LogP contribution in [-0.4, -0.2) is 20.1 Å². The van der Waals surface area contributed by atoms with Crippen molar-refractivity contribution in [2.24, 2.45) is 0 Å². The van der Waals surface area contributed by atoms with Crippen molar-refractivity contribution in [3.8, 4) is 22.8 Å². The van der Waals surface area contributed by atoms with Gasteiger partial charge in [-0.1, -0.05) is 5.16 Å². The minimum Gasteiger partial charge on any atom is -0.329 e. The van der Waals surface area contributed by atoms with Gasteiger partial charge in [0.1, 0.15) is 0 Å². The zero-order valence-corrected chi connectivity index (χ0v) is 10.4. The molecule has 20 heavy (non-hydrogen) atoms. The van der Waals surface area contributed by atoms with Crippen LogP contribution >= 0.6 is 11.3 Å². The maximum absolute atomic E-state index is 12.4. The Balaban J connectivity index is 1.99. The van der Waals surface area contributed by atoms with Crippen molar-refractivity contribution in [1.82, 2.24) is 20.1 Å². The Morgan fingerprint density at radius 1 is 1.15 bits per heavy atom. The van der Waals surface area contributed by atoms with Crippen LogP contribution in [0.25, 0.3) is 22.8 Å². The Hall–Kier alpha value is -2.29. The van der Waals surface area contributed by atoms with Crippen LogP contribution in [0.2, 0.25) is 0 Å². The topological polar surface area (TPSA) is 64.7 Å². The molecule has 0 aliphatic carbocycles. The molecule has 0 aliphatic rings. The van der Waals surface area contributed by atoms with E-state index in [1.165, 1.54) is 23.6 Å². The maximum atomic E-state index is 12.4. The van der Waals surface area contributed by atoms with E-state index >= 15 is 0 Å². The summed E-state index contributed by atoms with van der Waals surface area (Å²) in [6.45, 7) is 0. The van der Waals surface area contributed by atoms with Gasteiger partial charge in [-0.2, -0.15) is 18.2 Å². The van der Waals surface area contributed by atoms with Crippen molar-refractivity contribution in [1.29, 1.82) is 0 Å². The quantitative estimate of drug-likeness (QED) is 0.726. The van der Waals surface area contributed by atoms with E-state index in [4.69, 9.17) is 0 Å². The molecule has 0 spiro atoms. The number of pyridine rings is 1. The molecule has 0 saturated heterocycles. The molecule has 0 atom stereocenters. The van der Waals surface area contributed by atoms with E-state index < -0.39 is 12.1 Å². The highest BCUT2D eigenvalue weighted by Crippen LogP contribution is 2.30. The number of thiazole rings is 1. The highest BCUT2D eigenvalue weighted by atomic mass is 32.1. The molecule has 0 N–H and O–H groups in total. The number of hydrogen-bond acceptors (Lipinski definition) is 6. The van der Waals surface area contributed by atoms with Crippen LogP contribution in [0.15, 0.2) is 33.7 Å². The molecule has 3 aromatic heterocycles. The second-order valence-electron chi connectivity index (χ2n) is 3.72. The summed E-state index contributed by atoms with van der Waals surface area (Å²) in [6, 6.07) is 3.06. The summed E-state index contributed by atoms with van der Waals surface area (Å²) in [5.74, 6) is -1.52. The van der Waals surface area contributed by atoms with Crippen LogP contribution in [-0.2, 0) is 6.18 Å². The Morgan fingerprint density at radius 3 is 2.65 bits per heavy atom. The Bertz CT molecular complexity index is 723. The summed E-state index contributed by atoms with van der Waals surface area (Å²) in [5.41, 5.74) is 3.18. The van der Waals surface area contributed by atoms with Gasteiger partial charge in [-0.25, -0.2) is 4.98 Å². The molecule has 102 valence electrons. The lowest BCUT2D eigenvalue weighted by atomic mass is 10.2. The van der Waals surface area contributed by atoms with Gasteiger partial charge in [0.2, 0.25) is 5.82 Å². The molecule has 5 nitrogen and oxygen atoms in total. The van der Waals surface area contributed by atoms with Gasteiger partial charge < -0.3 is 4.52 Å². The standard InChI is InChI=1S/C11H5F3N4OS/c12-11(13,14)10-17-9(18-19-10)6-1-2-15-7(3-6)8-4-20-5-16-8/h1-5H. The largest absolute Gasteiger partial charge is 0.471 e. The fraction of sp³-hybridized carbons (Fsp3) is 0.0909. The maximum Gasteiger partial charge on any atom is 0.471 e. The van der Waals surface area contributed by atoms with Gasteiger partial charge >= 0.3 is 12.1 Å². The second-order valence-corrected chi connectivity index (χ2v) is 4.44. The number of rotatable bonds is 2. The number of aromatic nitrogens is 4. The van der Waals surface area contributed by atoms with E-state index in [0.717, 1.165) is 0 Å². The number of hydrogen-bond donors (Lipinski definition) is 0. The first kappa shape index (κ1) is 12.7. The summed E-state index contributed by atoms with van der Waals surface area (Å²) >= 11 is 1.39. The van der Waals surface area contributed by atoms with Gasteiger partial charge in [0, 0.05) is 17.1 Å². The van der Waals surface area contributed by atoms with Crippen LogP contribution in [0.4, 0.5) is 13.2 Å². The molecular formula is C11H5F3N4OS. The Morgan fingerprint density at radius 2 is 2.00 bits per heavy atom. The fourth-order valence-corrected chi connectivity index (χ4v) is 2.05. The lowest BCUT2D eigenvalue weighted by molar-refractivity contribution is -0.159. The molecule has 9 heteroatoms. The average Bonchev–Trinajstić information content (AvgIpc) is 3.10. The molecule has 0 bridgehead atoms. The van der Waals surface area contributed by atoms with Gasteiger partial charge in [-0.05, 0) is 12.1 Å². The van der Waals surface area contributed by atoms with E-state index in [1.54, 1.807) is 17.0 Å². The van der Waals surface area contributed by atoms with Crippen molar-refractivity contribution < 1.29 is 17.7 Å². The molecule has 0 fully saturated rings. The van der Waals surface area contributed by atoms with Crippen molar-refractivity contribution in [3.05, 3.63) is 35.1 Å². The molecule has 0 amide bonds. The first-order valence-corrected chi connectivity index (χ1v) is 6.24. The summed E-state index contributed by atoms with van der Waals surface area (Å²) in [5, 5.41) is 5.10. The molecule has 0 unspecified atom stereocenters. The zero-order valence-electron chi connectivity index (χ0n) is 9.63. The number of halogens is 3. The molecule has 0 saturated carbocycles. The van der Waals surface area contributed by atoms with Crippen LogP contribution in [0, 0.1) is 0 Å². The van der Waals surface area contributed by atoms with E-state index in [9.17, 15) is 13.2 Å². The minimum atomic E-state index is -4.66. The van der Waals surface area contributed by atoms with Crippen LogP contribution < -0.4 is 0 Å². The zero-order chi connectivity index (χ0) is 14.2. The Labute approximate surface area is 114 Å².